The van der Waals surface area contributed by atoms with Gasteiger partial charge >= 0.3 is 10.2 Å². The third kappa shape index (κ3) is 5.28. The van der Waals surface area contributed by atoms with Crippen LogP contribution in [-0.2, 0) is 14.9 Å². The number of alkyl halides is 1. The summed E-state index contributed by atoms with van der Waals surface area (Å²) in [6.45, 7) is 2.41. The number of nitrogens with one attached hydrogen (secondary N) is 1. The number of rotatable bonds is 8. The number of halogens is 3. The third-order valence-electron chi connectivity index (χ3n) is 7.00. The number of amides is 1. The second kappa shape index (κ2) is 10.7. The van der Waals surface area contributed by atoms with E-state index in [0.717, 1.165) is 15.0 Å². The first-order chi connectivity index (χ1) is 18.6. The van der Waals surface area contributed by atoms with E-state index >= 15 is 4.39 Å². The molecule has 14 heteroatoms. The SMILES string of the molecule is CCN(C)S(=O)(=O)NC(=O)c1cnn2ccc(N3C[C@@H](F)C[C@@H]3c3cc(F)ccc3OC3CCOC3)c(F)c12. The van der Waals surface area contributed by atoms with Crippen molar-refractivity contribution in [1.82, 2.24) is 18.6 Å². The zero-order chi connectivity index (χ0) is 27.9. The van der Waals surface area contributed by atoms with Gasteiger partial charge in [-0.2, -0.15) is 17.8 Å². The van der Waals surface area contributed by atoms with Crippen LogP contribution in [0.4, 0.5) is 18.9 Å². The highest BCUT2D eigenvalue weighted by molar-refractivity contribution is 7.87. The van der Waals surface area contributed by atoms with Crippen LogP contribution in [0.5, 0.6) is 5.75 Å². The van der Waals surface area contributed by atoms with E-state index in [1.165, 1.54) is 42.4 Å². The maximum absolute atomic E-state index is 16.1. The van der Waals surface area contributed by atoms with Gasteiger partial charge in [-0.25, -0.2) is 22.4 Å². The molecule has 5 rings (SSSR count). The summed E-state index contributed by atoms with van der Waals surface area (Å²) in [6.07, 6.45) is 1.46. The Kier molecular flexibility index (Phi) is 7.44. The molecule has 2 saturated heterocycles. The number of nitrogens with zero attached hydrogens (tertiary/aromatic N) is 4. The summed E-state index contributed by atoms with van der Waals surface area (Å²) in [4.78, 5) is 14.3. The van der Waals surface area contributed by atoms with E-state index in [2.05, 4.69) is 5.10 Å². The van der Waals surface area contributed by atoms with Crippen molar-refractivity contribution in [3.8, 4) is 5.75 Å². The summed E-state index contributed by atoms with van der Waals surface area (Å²) in [7, 11) is -2.87. The van der Waals surface area contributed by atoms with E-state index in [1.807, 2.05) is 4.72 Å². The van der Waals surface area contributed by atoms with Gasteiger partial charge in [-0.1, -0.05) is 6.92 Å². The van der Waals surface area contributed by atoms with E-state index < -0.39 is 40.0 Å². The molecule has 2 aliphatic rings. The van der Waals surface area contributed by atoms with Crippen molar-refractivity contribution in [3.63, 3.8) is 0 Å². The smallest absolute Gasteiger partial charge is 0.303 e. The molecule has 0 radical (unpaired) electrons. The summed E-state index contributed by atoms with van der Waals surface area (Å²) >= 11 is 0. The first-order valence-electron chi connectivity index (χ1n) is 12.5. The van der Waals surface area contributed by atoms with Gasteiger partial charge in [0.1, 0.15) is 29.4 Å². The van der Waals surface area contributed by atoms with Crippen LogP contribution in [0.25, 0.3) is 5.52 Å². The summed E-state index contributed by atoms with van der Waals surface area (Å²) in [6, 6.07) is 4.58. The minimum absolute atomic E-state index is 0.0419. The van der Waals surface area contributed by atoms with Crippen molar-refractivity contribution in [2.75, 3.05) is 38.3 Å². The number of fused-ring (bicyclic) bond motifs is 1. The quantitative estimate of drug-likeness (QED) is 0.446. The molecule has 1 N–H and O–H groups in total. The highest BCUT2D eigenvalue weighted by atomic mass is 32.2. The second-order valence-corrected chi connectivity index (χ2v) is 11.3. The van der Waals surface area contributed by atoms with E-state index in [9.17, 15) is 22.0 Å². The minimum Gasteiger partial charge on any atom is -0.488 e. The molecule has 1 amide bonds. The van der Waals surface area contributed by atoms with E-state index in [-0.39, 0.29) is 42.4 Å². The molecule has 3 aromatic rings. The Hall–Kier alpha value is -3.36. The molecule has 1 unspecified atom stereocenters. The average molecular weight is 568 g/mol. The Morgan fingerprint density at radius 3 is 2.82 bits per heavy atom. The topological polar surface area (TPSA) is 105 Å². The molecule has 4 heterocycles. The van der Waals surface area contributed by atoms with Gasteiger partial charge in [0.05, 0.1) is 36.7 Å². The Morgan fingerprint density at radius 1 is 1.31 bits per heavy atom. The number of pyridine rings is 1. The molecule has 39 heavy (non-hydrogen) atoms. The zero-order valence-electron chi connectivity index (χ0n) is 21.3. The molecule has 10 nitrogen and oxygen atoms in total. The fourth-order valence-corrected chi connectivity index (χ4v) is 5.70. The first kappa shape index (κ1) is 27.2. The second-order valence-electron chi connectivity index (χ2n) is 9.50. The van der Waals surface area contributed by atoms with Crippen molar-refractivity contribution >= 4 is 27.3 Å². The van der Waals surface area contributed by atoms with Gasteiger partial charge in [0.15, 0.2) is 5.82 Å². The van der Waals surface area contributed by atoms with E-state index in [1.54, 1.807) is 6.92 Å². The zero-order valence-corrected chi connectivity index (χ0v) is 22.1. The van der Waals surface area contributed by atoms with Crippen LogP contribution < -0.4 is 14.4 Å². The number of anilines is 1. The maximum Gasteiger partial charge on any atom is 0.303 e. The molecular weight excluding hydrogens is 539 g/mol. The standard InChI is InChI=1S/C25H28F3N5O5S/c1-3-31(2)39(35,36)30-25(34)19-12-29-33-8-6-20(23(28)24(19)33)32-13-16(27)11-21(32)18-10-15(26)4-5-22(18)38-17-7-9-37-14-17/h4-6,8,10,12,16-17,21H,3,7,9,11,13-14H2,1-2H3,(H,30,34)/t16-,17?,21+/m0/s1. The van der Waals surface area contributed by atoms with Crippen LogP contribution in [0.1, 0.15) is 41.7 Å². The summed E-state index contributed by atoms with van der Waals surface area (Å²) in [5, 5.41) is 3.97. The van der Waals surface area contributed by atoms with Crippen molar-refractivity contribution in [2.24, 2.45) is 0 Å². The van der Waals surface area contributed by atoms with Crippen LogP contribution >= 0.6 is 0 Å². The van der Waals surface area contributed by atoms with Gasteiger partial charge in [-0.05, 0) is 24.3 Å². The third-order valence-corrected chi connectivity index (χ3v) is 8.52. The number of ether oxygens (including phenoxy) is 2. The van der Waals surface area contributed by atoms with Gasteiger partial charge in [0, 0.05) is 44.7 Å². The van der Waals surface area contributed by atoms with Gasteiger partial charge in [-0.15, -0.1) is 0 Å². The lowest BCUT2D eigenvalue weighted by atomic mass is 10.0. The molecule has 3 atom stereocenters. The van der Waals surface area contributed by atoms with Gasteiger partial charge in [0.25, 0.3) is 5.91 Å². The molecule has 2 aliphatic heterocycles. The van der Waals surface area contributed by atoms with Crippen LogP contribution in [0.15, 0.2) is 36.7 Å². The molecule has 1 aromatic carbocycles. The van der Waals surface area contributed by atoms with Crippen LogP contribution in [0.3, 0.4) is 0 Å². The van der Waals surface area contributed by atoms with Crippen molar-refractivity contribution < 1.29 is 35.9 Å². The minimum atomic E-state index is -4.16. The molecule has 2 aromatic heterocycles. The van der Waals surface area contributed by atoms with Crippen molar-refractivity contribution in [3.05, 3.63) is 59.4 Å². The van der Waals surface area contributed by atoms with Crippen LogP contribution in [0.2, 0.25) is 0 Å². The Morgan fingerprint density at radius 2 is 2.10 bits per heavy atom. The van der Waals surface area contributed by atoms with Gasteiger partial charge in [0.2, 0.25) is 0 Å². The summed E-state index contributed by atoms with van der Waals surface area (Å²) in [5.74, 6) is -2.16. The molecule has 0 spiro atoms. The largest absolute Gasteiger partial charge is 0.488 e. The highest BCUT2D eigenvalue weighted by Gasteiger charge is 2.38. The highest BCUT2D eigenvalue weighted by Crippen LogP contribution is 2.43. The van der Waals surface area contributed by atoms with Crippen molar-refractivity contribution in [2.45, 2.75) is 38.1 Å². The molecule has 0 bridgehead atoms. The Labute approximate surface area is 223 Å². The average Bonchev–Trinajstić information content (AvgIpc) is 3.65. The molecular formula is C25H28F3N5O5S. The molecule has 0 saturated carbocycles. The summed E-state index contributed by atoms with van der Waals surface area (Å²) in [5.41, 5.74) is -0.276. The lowest BCUT2D eigenvalue weighted by Gasteiger charge is -2.29. The fourth-order valence-electron chi connectivity index (χ4n) is 4.86. The number of carbonyl (C=O) groups is 1. The fraction of sp³-hybridized carbons (Fsp3) is 0.440. The van der Waals surface area contributed by atoms with Crippen molar-refractivity contribution in [1.29, 1.82) is 0 Å². The predicted octanol–water partition coefficient (Wildman–Crippen LogP) is 3.00. The van der Waals surface area contributed by atoms with E-state index in [4.69, 9.17) is 9.47 Å². The molecule has 2 fully saturated rings. The predicted molar refractivity (Wildman–Crippen MR) is 136 cm³/mol. The first-order valence-corrected chi connectivity index (χ1v) is 13.9. The Bertz CT molecular complexity index is 1490. The van der Waals surface area contributed by atoms with Gasteiger partial charge < -0.3 is 14.4 Å². The monoisotopic (exact) mass is 567 g/mol. The normalized spacial score (nSPS) is 21.7. The summed E-state index contributed by atoms with van der Waals surface area (Å²) < 4.78 is 85.3. The molecule has 210 valence electrons. The molecule has 0 aliphatic carbocycles. The number of aromatic nitrogens is 2. The number of hydrogen-bond acceptors (Lipinski definition) is 7. The Balaban J connectivity index is 1.52. The lowest BCUT2D eigenvalue weighted by molar-refractivity contribution is 0.0980. The van der Waals surface area contributed by atoms with Gasteiger partial charge in [-0.3, -0.25) is 4.79 Å². The maximum atomic E-state index is 16.1. The lowest BCUT2D eigenvalue weighted by Crippen LogP contribution is -2.41. The van der Waals surface area contributed by atoms with Crippen LogP contribution in [-0.4, -0.2) is 73.9 Å². The number of hydrogen-bond donors (Lipinski definition) is 1. The number of benzene rings is 1. The number of carbonyl (C=O) groups excluding carboxylic acids is 1. The van der Waals surface area contributed by atoms with E-state index in [0.29, 0.717) is 30.9 Å². The van der Waals surface area contributed by atoms with Crippen LogP contribution in [0, 0.1) is 11.6 Å².